The number of hydrogen-bond donors (Lipinski definition) is 1. The predicted octanol–water partition coefficient (Wildman–Crippen LogP) is 7.22. The van der Waals surface area contributed by atoms with Crippen molar-refractivity contribution in [1.82, 2.24) is 9.78 Å². The Kier molecular flexibility index (Phi) is 5.87. The maximum absolute atomic E-state index is 12.7. The Bertz CT molecular complexity index is 1390. The number of amides is 1. The predicted molar refractivity (Wildman–Crippen MR) is 137 cm³/mol. The van der Waals surface area contributed by atoms with E-state index in [0.717, 1.165) is 38.4 Å². The van der Waals surface area contributed by atoms with E-state index in [-0.39, 0.29) is 5.91 Å². The number of anilines is 1. The van der Waals surface area contributed by atoms with Crippen LogP contribution in [-0.2, 0) is 0 Å². The third-order valence-electron chi connectivity index (χ3n) is 5.34. The smallest absolute Gasteiger partial charge is 0.255 e. The minimum atomic E-state index is -0.165. The standard InChI is InChI=1S/C28H20BrN3O/c29-24-13-7-8-14-25(24)30-28(33)22-15-17-23(18-16-22)32-27(21-11-5-2-6-12-21)19-26(31-32)20-9-3-1-4-10-20/h1-19H,(H,30,33). The second-order valence-corrected chi connectivity index (χ2v) is 8.39. The van der Waals surface area contributed by atoms with Gasteiger partial charge in [0.1, 0.15) is 0 Å². The minimum absolute atomic E-state index is 0.165. The van der Waals surface area contributed by atoms with Crippen molar-refractivity contribution < 1.29 is 4.79 Å². The van der Waals surface area contributed by atoms with Gasteiger partial charge in [-0.1, -0.05) is 72.8 Å². The average molecular weight is 494 g/mol. The van der Waals surface area contributed by atoms with Crippen LogP contribution in [0, 0.1) is 0 Å². The molecule has 33 heavy (non-hydrogen) atoms. The lowest BCUT2D eigenvalue weighted by molar-refractivity contribution is 0.102. The molecule has 0 saturated heterocycles. The van der Waals surface area contributed by atoms with E-state index >= 15 is 0 Å². The fourth-order valence-corrected chi connectivity index (χ4v) is 4.04. The molecule has 4 nitrogen and oxygen atoms in total. The van der Waals surface area contributed by atoms with Crippen LogP contribution in [0.3, 0.4) is 0 Å². The number of aromatic nitrogens is 2. The molecule has 4 aromatic carbocycles. The van der Waals surface area contributed by atoms with Crippen LogP contribution in [0.15, 0.2) is 120 Å². The summed E-state index contributed by atoms with van der Waals surface area (Å²) in [6.07, 6.45) is 0. The number of carbonyl (C=O) groups excluding carboxylic acids is 1. The highest BCUT2D eigenvalue weighted by Gasteiger charge is 2.14. The molecule has 5 aromatic rings. The van der Waals surface area contributed by atoms with Gasteiger partial charge in [-0.3, -0.25) is 4.79 Å². The molecule has 1 amide bonds. The Morgan fingerprint density at radius 2 is 1.33 bits per heavy atom. The number of para-hydroxylation sites is 1. The third-order valence-corrected chi connectivity index (χ3v) is 6.04. The summed E-state index contributed by atoms with van der Waals surface area (Å²) >= 11 is 3.46. The average Bonchev–Trinajstić information content (AvgIpc) is 3.32. The Labute approximate surface area is 200 Å². The summed E-state index contributed by atoms with van der Waals surface area (Å²) in [7, 11) is 0. The van der Waals surface area contributed by atoms with Gasteiger partial charge in [-0.05, 0) is 58.4 Å². The number of hydrogen-bond acceptors (Lipinski definition) is 2. The van der Waals surface area contributed by atoms with Crippen molar-refractivity contribution >= 4 is 27.5 Å². The van der Waals surface area contributed by atoms with Gasteiger partial charge < -0.3 is 5.32 Å². The third kappa shape index (κ3) is 4.49. The zero-order valence-corrected chi connectivity index (χ0v) is 19.2. The number of nitrogens with one attached hydrogen (secondary N) is 1. The number of carbonyl (C=O) groups is 1. The molecule has 0 atom stereocenters. The van der Waals surface area contributed by atoms with E-state index in [2.05, 4.69) is 51.6 Å². The zero-order valence-electron chi connectivity index (χ0n) is 17.7. The van der Waals surface area contributed by atoms with Gasteiger partial charge in [0.05, 0.1) is 22.8 Å². The molecule has 1 aromatic heterocycles. The SMILES string of the molecule is O=C(Nc1ccccc1Br)c1ccc(-n2nc(-c3ccccc3)cc2-c2ccccc2)cc1. The van der Waals surface area contributed by atoms with Gasteiger partial charge >= 0.3 is 0 Å². The summed E-state index contributed by atoms with van der Waals surface area (Å²) in [4.78, 5) is 12.7. The maximum atomic E-state index is 12.7. The van der Waals surface area contributed by atoms with Crippen LogP contribution < -0.4 is 5.32 Å². The molecule has 0 saturated carbocycles. The van der Waals surface area contributed by atoms with E-state index in [1.165, 1.54) is 0 Å². The zero-order chi connectivity index (χ0) is 22.6. The lowest BCUT2D eigenvalue weighted by Crippen LogP contribution is -2.12. The first-order chi connectivity index (χ1) is 16.2. The Morgan fingerprint density at radius 1 is 0.727 bits per heavy atom. The highest BCUT2D eigenvalue weighted by molar-refractivity contribution is 9.10. The molecule has 1 heterocycles. The lowest BCUT2D eigenvalue weighted by atomic mass is 10.1. The van der Waals surface area contributed by atoms with Crippen LogP contribution >= 0.6 is 15.9 Å². The first-order valence-corrected chi connectivity index (χ1v) is 11.4. The molecule has 0 aliphatic carbocycles. The summed E-state index contributed by atoms with van der Waals surface area (Å²) in [6, 6.07) is 37.4. The van der Waals surface area contributed by atoms with Crippen molar-refractivity contribution in [2.24, 2.45) is 0 Å². The second kappa shape index (κ2) is 9.27. The van der Waals surface area contributed by atoms with E-state index in [9.17, 15) is 4.79 Å². The maximum Gasteiger partial charge on any atom is 0.255 e. The molecule has 0 unspecified atom stereocenters. The van der Waals surface area contributed by atoms with E-state index < -0.39 is 0 Å². The normalized spacial score (nSPS) is 10.7. The van der Waals surface area contributed by atoms with Crippen LogP contribution in [-0.4, -0.2) is 15.7 Å². The quantitative estimate of drug-likeness (QED) is 0.280. The van der Waals surface area contributed by atoms with Crippen molar-refractivity contribution in [1.29, 1.82) is 0 Å². The molecule has 160 valence electrons. The lowest BCUT2D eigenvalue weighted by Gasteiger charge is -2.10. The van der Waals surface area contributed by atoms with E-state index in [0.29, 0.717) is 5.56 Å². The van der Waals surface area contributed by atoms with Gasteiger partial charge in [-0.25, -0.2) is 4.68 Å². The molecule has 0 radical (unpaired) electrons. The molecular formula is C28H20BrN3O. The van der Waals surface area contributed by atoms with Crippen LogP contribution in [0.4, 0.5) is 5.69 Å². The highest BCUT2D eigenvalue weighted by atomic mass is 79.9. The number of nitrogens with zero attached hydrogens (tertiary/aromatic N) is 2. The molecule has 0 spiro atoms. The van der Waals surface area contributed by atoms with Gasteiger partial charge in [-0.15, -0.1) is 0 Å². The van der Waals surface area contributed by atoms with Crippen LogP contribution in [0.2, 0.25) is 0 Å². The molecule has 0 bridgehead atoms. The molecule has 5 heteroatoms. The number of halogens is 1. The van der Waals surface area contributed by atoms with Gasteiger partial charge in [0.2, 0.25) is 0 Å². The number of rotatable bonds is 5. The first-order valence-electron chi connectivity index (χ1n) is 10.6. The van der Waals surface area contributed by atoms with E-state index in [4.69, 9.17) is 5.10 Å². The van der Waals surface area contributed by atoms with Crippen molar-refractivity contribution in [3.63, 3.8) is 0 Å². The van der Waals surface area contributed by atoms with Gasteiger partial charge in [0, 0.05) is 21.2 Å². The van der Waals surface area contributed by atoms with Gasteiger partial charge in [0.25, 0.3) is 5.91 Å². The summed E-state index contributed by atoms with van der Waals surface area (Å²) in [5.74, 6) is -0.165. The molecule has 1 N–H and O–H groups in total. The number of benzene rings is 4. The molecule has 0 aliphatic heterocycles. The van der Waals surface area contributed by atoms with Gasteiger partial charge in [0.15, 0.2) is 0 Å². The monoisotopic (exact) mass is 493 g/mol. The van der Waals surface area contributed by atoms with Gasteiger partial charge in [-0.2, -0.15) is 5.10 Å². The Morgan fingerprint density at radius 3 is 2.00 bits per heavy atom. The molecular weight excluding hydrogens is 474 g/mol. The molecule has 5 rings (SSSR count). The molecule has 0 fully saturated rings. The minimum Gasteiger partial charge on any atom is -0.321 e. The summed E-state index contributed by atoms with van der Waals surface area (Å²) < 4.78 is 2.76. The first kappa shape index (κ1) is 20.9. The fourth-order valence-electron chi connectivity index (χ4n) is 3.65. The summed E-state index contributed by atoms with van der Waals surface area (Å²) in [6.45, 7) is 0. The van der Waals surface area contributed by atoms with Crippen LogP contribution in [0.5, 0.6) is 0 Å². The molecule has 0 aliphatic rings. The van der Waals surface area contributed by atoms with Crippen molar-refractivity contribution in [3.8, 4) is 28.2 Å². The Balaban J connectivity index is 1.49. The summed E-state index contributed by atoms with van der Waals surface area (Å²) in [5, 5.41) is 7.83. The summed E-state index contributed by atoms with van der Waals surface area (Å²) in [5.41, 5.74) is 6.20. The van der Waals surface area contributed by atoms with E-state index in [1.807, 2.05) is 89.6 Å². The van der Waals surface area contributed by atoms with Crippen molar-refractivity contribution in [2.75, 3.05) is 5.32 Å². The topological polar surface area (TPSA) is 46.9 Å². The highest BCUT2D eigenvalue weighted by Crippen LogP contribution is 2.29. The van der Waals surface area contributed by atoms with E-state index in [1.54, 1.807) is 0 Å². The second-order valence-electron chi connectivity index (χ2n) is 7.54. The fraction of sp³-hybridized carbons (Fsp3) is 0. The largest absolute Gasteiger partial charge is 0.321 e. The van der Waals surface area contributed by atoms with Crippen LogP contribution in [0.25, 0.3) is 28.2 Å². The van der Waals surface area contributed by atoms with Crippen molar-refractivity contribution in [3.05, 3.63) is 125 Å². The Hall–Kier alpha value is -3.96. The van der Waals surface area contributed by atoms with Crippen molar-refractivity contribution in [2.45, 2.75) is 0 Å². The van der Waals surface area contributed by atoms with Crippen LogP contribution in [0.1, 0.15) is 10.4 Å².